The summed E-state index contributed by atoms with van der Waals surface area (Å²) >= 11 is 0. The van der Waals surface area contributed by atoms with Crippen molar-refractivity contribution < 1.29 is 27.9 Å². The van der Waals surface area contributed by atoms with Crippen LogP contribution in [0.15, 0.2) is 0 Å². The molecule has 1 atom stereocenters. The summed E-state index contributed by atoms with van der Waals surface area (Å²) in [5.41, 5.74) is 0. The van der Waals surface area contributed by atoms with Crippen molar-refractivity contribution >= 4 is 27.8 Å². The molecule has 1 aliphatic rings. The molecule has 0 radical (unpaired) electrons. The molecule has 0 aromatic heterocycles. The van der Waals surface area contributed by atoms with Gasteiger partial charge in [0.1, 0.15) is 6.04 Å². The maximum absolute atomic E-state index is 11.8. The number of hydrogen-bond donors (Lipinski definition) is 5. The first-order valence-electron chi connectivity index (χ1n) is 10.7. The van der Waals surface area contributed by atoms with E-state index in [0.29, 0.717) is 19.3 Å². The van der Waals surface area contributed by atoms with Gasteiger partial charge in [-0.2, -0.15) is 4.72 Å². The third-order valence-electron chi connectivity index (χ3n) is 5.06. The number of carbonyl (C=O) groups excluding carboxylic acids is 2. The van der Waals surface area contributed by atoms with E-state index in [1.807, 2.05) is 6.92 Å². The maximum atomic E-state index is 11.8. The molecule has 0 bridgehead atoms. The Kier molecular flexibility index (Phi) is 12.6. The van der Waals surface area contributed by atoms with E-state index in [1.54, 1.807) is 0 Å². The minimum Gasteiger partial charge on any atom is -0.480 e. The van der Waals surface area contributed by atoms with Crippen LogP contribution < -0.4 is 20.7 Å². The number of rotatable bonds is 15. The van der Waals surface area contributed by atoms with Crippen LogP contribution in [0.5, 0.6) is 0 Å². The van der Waals surface area contributed by atoms with Crippen molar-refractivity contribution in [1.82, 2.24) is 20.7 Å². The van der Waals surface area contributed by atoms with E-state index in [2.05, 4.69) is 20.7 Å². The summed E-state index contributed by atoms with van der Waals surface area (Å²) < 4.78 is 25.8. The van der Waals surface area contributed by atoms with Gasteiger partial charge in [-0.3, -0.25) is 14.4 Å². The van der Waals surface area contributed by atoms with Gasteiger partial charge in [0.15, 0.2) is 0 Å². The van der Waals surface area contributed by atoms with Crippen LogP contribution in [0.2, 0.25) is 0 Å². The van der Waals surface area contributed by atoms with Gasteiger partial charge < -0.3 is 21.1 Å². The molecule has 1 fully saturated rings. The normalized spacial score (nSPS) is 16.0. The highest BCUT2D eigenvalue weighted by Gasteiger charge is 2.24. The molecule has 10 nitrogen and oxygen atoms in total. The first kappa shape index (κ1) is 26.3. The molecule has 0 aliphatic carbocycles. The van der Waals surface area contributed by atoms with Crippen LogP contribution in [-0.2, 0) is 24.4 Å². The average Bonchev–Trinajstić information content (AvgIpc) is 2.71. The topological polar surface area (TPSA) is 154 Å². The second-order valence-corrected chi connectivity index (χ2v) is 9.57. The molecule has 30 heavy (non-hydrogen) atoms. The van der Waals surface area contributed by atoms with Gasteiger partial charge in [0.2, 0.25) is 21.8 Å². The van der Waals surface area contributed by atoms with Gasteiger partial charge in [0, 0.05) is 13.0 Å². The number of sulfonamides is 1. The molecule has 0 saturated carbocycles. The predicted molar refractivity (Wildman–Crippen MR) is 113 cm³/mol. The fourth-order valence-corrected chi connectivity index (χ4v) is 4.63. The summed E-state index contributed by atoms with van der Waals surface area (Å²) in [6, 6.07) is -1.46. The molecule has 1 unspecified atom stereocenters. The van der Waals surface area contributed by atoms with Crippen LogP contribution in [0.4, 0.5) is 0 Å². The summed E-state index contributed by atoms with van der Waals surface area (Å²) in [5.74, 6) is -1.63. The first-order chi connectivity index (χ1) is 14.2. The van der Waals surface area contributed by atoms with Crippen LogP contribution in [0.25, 0.3) is 0 Å². The van der Waals surface area contributed by atoms with Crippen molar-refractivity contribution in [3.05, 3.63) is 0 Å². The van der Waals surface area contributed by atoms with Crippen LogP contribution in [0.1, 0.15) is 58.3 Å². The molecule has 2 amide bonds. The highest BCUT2D eigenvalue weighted by atomic mass is 32.2. The predicted octanol–water partition coefficient (Wildman–Crippen LogP) is -0.0485. The van der Waals surface area contributed by atoms with E-state index < -0.39 is 34.5 Å². The van der Waals surface area contributed by atoms with Crippen LogP contribution in [0, 0.1) is 5.92 Å². The highest BCUT2D eigenvalue weighted by Crippen LogP contribution is 2.19. The second-order valence-electron chi connectivity index (χ2n) is 7.70. The van der Waals surface area contributed by atoms with Crippen molar-refractivity contribution in [2.45, 2.75) is 64.3 Å². The van der Waals surface area contributed by atoms with Crippen molar-refractivity contribution in [3.8, 4) is 0 Å². The van der Waals surface area contributed by atoms with Crippen LogP contribution in [-0.4, -0.2) is 69.3 Å². The summed E-state index contributed by atoms with van der Waals surface area (Å²) in [5, 5.41) is 17.3. The van der Waals surface area contributed by atoms with E-state index in [1.165, 1.54) is 12.8 Å². The molecule has 1 rings (SSSR count). The van der Waals surface area contributed by atoms with Crippen molar-refractivity contribution in [2.75, 3.05) is 31.9 Å². The number of aliphatic carboxylic acids is 1. The van der Waals surface area contributed by atoms with Crippen LogP contribution >= 0.6 is 0 Å². The molecular weight excluding hydrogens is 412 g/mol. The number of amides is 2. The number of unbranched alkanes of at least 4 members (excludes halogenated alkanes) is 2. The number of nitrogens with one attached hydrogen (secondary N) is 4. The Balaban J connectivity index is 2.21. The molecule has 174 valence electrons. The lowest BCUT2D eigenvalue weighted by Crippen LogP contribution is -2.50. The van der Waals surface area contributed by atoms with Gasteiger partial charge in [0.25, 0.3) is 0 Å². The standard InChI is InChI=1S/C19H36N4O6S/c1-2-3-12-30(28,29)23-16(19(26)27)13-21-18(25)14-22-17(24)7-5-4-6-15-8-10-20-11-9-15/h15-16,20,23H,2-14H2,1H3,(H,21,25)(H,22,24)(H,26,27). The molecule has 11 heteroatoms. The Labute approximate surface area is 179 Å². The highest BCUT2D eigenvalue weighted by molar-refractivity contribution is 7.89. The maximum Gasteiger partial charge on any atom is 0.323 e. The average molecular weight is 449 g/mol. The Hall–Kier alpha value is -1.72. The number of carboxylic acid groups (broad SMARTS) is 1. The van der Waals surface area contributed by atoms with Gasteiger partial charge >= 0.3 is 5.97 Å². The number of hydrogen-bond acceptors (Lipinski definition) is 6. The lowest BCUT2D eigenvalue weighted by molar-refractivity contribution is -0.139. The Morgan fingerprint density at radius 1 is 1.07 bits per heavy atom. The molecule has 1 aliphatic heterocycles. The van der Waals surface area contributed by atoms with E-state index in [0.717, 1.165) is 38.3 Å². The largest absolute Gasteiger partial charge is 0.480 e. The van der Waals surface area contributed by atoms with Gasteiger partial charge in [-0.05, 0) is 44.7 Å². The van der Waals surface area contributed by atoms with Crippen molar-refractivity contribution in [1.29, 1.82) is 0 Å². The smallest absolute Gasteiger partial charge is 0.323 e. The SMILES string of the molecule is CCCCS(=O)(=O)NC(CNC(=O)CNC(=O)CCCCC1CCNCC1)C(=O)O. The van der Waals surface area contributed by atoms with Crippen molar-refractivity contribution in [2.24, 2.45) is 5.92 Å². The fraction of sp³-hybridized carbons (Fsp3) is 0.842. The van der Waals surface area contributed by atoms with Crippen LogP contribution in [0.3, 0.4) is 0 Å². The van der Waals surface area contributed by atoms with Gasteiger partial charge in [-0.25, -0.2) is 8.42 Å². The Morgan fingerprint density at radius 2 is 1.77 bits per heavy atom. The molecular formula is C19H36N4O6S. The quantitative estimate of drug-likeness (QED) is 0.220. The number of carboxylic acids is 1. The van der Waals surface area contributed by atoms with E-state index in [9.17, 15) is 22.8 Å². The fourth-order valence-electron chi connectivity index (χ4n) is 3.22. The molecule has 1 heterocycles. The zero-order chi connectivity index (χ0) is 22.4. The summed E-state index contributed by atoms with van der Waals surface area (Å²) in [7, 11) is -3.74. The summed E-state index contributed by atoms with van der Waals surface area (Å²) in [4.78, 5) is 34.9. The number of piperidine rings is 1. The van der Waals surface area contributed by atoms with E-state index in [-0.39, 0.29) is 18.2 Å². The Bertz CT molecular complexity index is 649. The lowest BCUT2D eigenvalue weighted by Gasteiger charge is -2.22. The second kappa shape index (κ2) is 14.3. The number of carbonyl (C=O) groups is 3. The molecule has 0 aromatic rings. The molecule has 1 saturated heterocycles. The zero-order valence-electron chi connectivity index (χ0n) is 17.7. The van der Waals surface area contributed by atoms with E-state index >= 15 is 0 Å². The van der Waals surface area contributed by atoms with Gasteiger partial charge in [-0.15, -0.1) is 0 Å². The molecule has 0 aromatic carbocycles. The lowest BCUT2D eigenvalue weighted by atomic mass is 9.92. The van der Waals surface area contributed by atoms with Gasteiger partial charge in [0.05, 0.1) is 12.3 Å². The third-order valence-corrected chi connectivity index (χ3v) is 6.53. The minimum atomic E-state index is -3.74. The van der Waals surface area contributed by atoms with E-state index in [4.69, 9.17) is 5.11 Å². The van der Waals surface area contributed by atoms with Crippen molar-refractivity contribution in [3.63, 3.8) is 0 Å². The summed E-state index contributed by atoms with van der Waals surface area (Å²) in [6.45, 7) is 3.27. The summed E-state index contributed by atoms with van der Waals surface area (Å²) in [6.07, 6.45) is 6.62. The monoisotopic (exact) mass is 448 g/mol. The third kappa shape index (κ3) is 12.1. The molecule has 5 N–H and O–H groups in total. The first-order valence-corrected chi connectivity index (χ1v) is 12.4. The van der Waals surface area contributed by atoms with Gasteiger partial charge in [-0.1, -0.05) is 26.2 Å². The minimum absolute atomic E-state index is 0.172. The zero-order valence-corrected chi connectivity index (χ0v) is 18.6. The molecule has 0 spiro atoms. The Morgan fingerprint density at radius 3 is 2.40 bits per heavy atom.